The van der Waals surface area contributed by atoms with Crippen LogP contribution in [0.15, 0.2) is 49.4 Å². The first-order chi connectivity index (χ1) is 8.93. The average Bonchev–Trinajstić information content (AvgIpc) is 2.37. The van der Waals surface area contributed by atoms with Crippen LogP contribution in [-0.4, -0.2) is 4.92 Å². The Bertz CT molecular complexity index is 530. The van der Waals surface area contributed by atoms with Crippen LogP contribution in [0.3, 0.4) is 0 Å². The molecule has 3 nitrogen and oxygen atoms in total. The van der Waals surface area contributed by atoms with E-state index in [0.29, 0.717) is 5.75 Å². The quantitative estimate of drug-likeness (QED) is 0.363. The second kappa shape index (κ2) is 8.17. The van der Waals surface area contributed by atoms with Crippen molar-refractivity contribution in [3.05, 3.63) is 65.0 Å². The Morgan fingerprint density at radius 2 is 1.84 bits per heavy atom. The van der Waals surface area contributed by atoms with Crippen LogP contribution in [0.5, 0.6) is 0 Å². The molecule has 0 spiro atoms. The Kier molecular flexibility index (Phi) is 7.25. The molecule has 1 aromatic rings. The topological polar surface area (TPSA) is 43.1 Å². The molecule has 1 rings (SSSR count). The molecule has 0 bridgehead atoms. The average molecular weight is 404 g/mol. The van der Waals surface area contributed by atoms with Crippen molar-refractivity contribution in [3.63, 3.8) is 0 Å². The normalized spacial score (nSPS) is 13.7. The van der Waals surface area contributed by atoms with Crippen LogP contribution in [0, 0.1) is 10.1 Å². The highest BCUT2D eigenvalue weighted by molar-refractivity contribution is 9.12. The van der Waals surface area contributed by atoms with Gasteiger partial charge in [-0.05, 0) is 21.5 Å². The number of nitrogens with zero attached hydrogens (tertiary/aromatic N) is 1. The molecular formula is C11H7BrCl3NO2S. The van der Waals surface area contributed by atoms with Crippen LogP contribution in [-0.2, 0) is 5.75 Å². The lowest BCUT2D eigenvalue weighted by molar-refractivity contribution is -0.419. The molecular weight excluding hydrogens is 396 g/mol. The lowest BCUT2D eigenvalue weighted by atomic mass is 10.2. The van der Waals surface area contributed by atoms with E-state index >= 15 is 0 Å². The van der Waals surface area contributed by atoms with Gasteiger partial charge in [-0.25, -0.2) is 0 Å². The van der Waals surface area contributed by atoms with Gasteiger partial charge in [0, 0.05) is 5.75 Å². The van der Waals surface area contributed by atoms with E-state index < -0.39 is 10.6 Å². The summed E-state index contributed by atoms with van der Waals surface area (Å²) in [4.78, 5) is 10.3. The Morgan fingerprint density at radius 1 is 1.26 bits per heavy atom. The molecule has 0 aliphatic heterocycles. The van der Waals surface area contributed by atoms with Crippen LogP contribution in [0.4, 0.5) is 0 Å². The molecule has 0 N–H and O–H groups in total. The third kappa shape index (κ3) is 5.36. The number of allylic oxidation sites excluding steroid dienone is 1. The van der Waals surface area contributed by atoms with Gasteiger partial charge in [0.15, 0.2) is 4.36 Å². The monoisotopic (exact) mass is 401 g/mol. The number of rotatable bonds is 5. The summed E-state index contributed by atoms with van der Waals surface area (Å²) in [5, 5.41) is 10.7. The summed E-state index contributed by atoms with van der Waals surface area (Å²) in [7, 11) is 0. The minimum absolute atomic E-state index is 0.0172. The van der Waals surface area contributed by atoms with E-state index in [1.807, 2.05) is 30.3 Å². The van der Waals surface area contributed by atoms with Gasteiger partial charge in [0.2, 0.25) is 0 Å². The maximum atomic E-state index is 11.0. The molecule has 8 heteroatoms. The lowest BCUT2D eigenvalue weighted by Crippen LogP contribution is -2.01. The van der Waals surface area contributed by atoms with Gasteiger partial charge in [-0.15, -0.1) is 11.8 Å². The number of thioether (sulfide) groups is 1. The number of hydrogen-bond donors (Lipinski definition) is 0. The van der Waals surface area contributed by atoms with E-state index in [1.165, 1.54) is 0 Å². The molecule has 0 saturated carbocycles. The smallest absolute Gasteiger partial charge is 0.258 e. The van der Waals surface area contributed by atoms with Gasteiger partial charge in [0.1, 0.15) is 8.97 Å². The first kappa shape index (κ1) is 16.9. The fourth-order valence-corrected chi connectivity index (χ4v) is 2.79. The molecule has 19 heavy (non-hydrogen) atoms. The zero-order chi connectivity index (χ0) is 14.4. The summed E-state index contributed by atoms with van der Waals surface area (Å²) in [6.07, 6.45) is 0. The second-order valence-electron chi connectivity index (χ2n) is 3.23. The molecule has 0 unspecified atom stereocenters. The van der Waals surface area contributed by atoms with E-state index in [9.17, 15) is 10.1 Å². The Morgan fingerprint density at radius 3 is 2.32 bits per heavy atom. The largest absolute Gasteiger partial charge is 0.314 e. The first-order valence-electron chi connectivity index (χ1n) is 4.85. The molecule has 102 valence electrons. The lowest BCUT2D eigenvalue weighted by Gasteiger charge is -2.03. The summed E-state index contributed by atoms with van der Waals surface area (Å²) in [5.74, 6) is 0.501. The molecule has 0 amide bonds. The molecule has 0 heterocycles. The number of benzene rings is 1. The van der Waals surface area contributed by atoms with Gasteiger partial charge in [-0.2, -0.15) is 0 Å². The van der Waals surface area contributed by atoms with Crippen LogP contribution in [0.25, 0.3) is 0 Å². The fraction of sp³-hybridized carbons (Fsp3) is 0.0909. The summed E-state index contributed by atoms with van der Waals surface area (Å²) >= 11 is 21.3. The summed E-state index contributed by atoms with van der Waals surface area (Å²) in [5.41, 5.74) is 0.588. The van der Waals surface area contributed by atoms with Crippen molar-refractivity contribution in [2.45, 2.75) is 5.75 Å². The molecule has 0 saturated heterocycles. The zero-order valence-corrected chi connectivity index (χ0v) is 13.9. The molecule has 0 radical (unpaired) electrons. The maximum absolute atomic E-state index is 11.0. The van der Waals surface area contributed by atoms with Gasteiger partial charge >= 0.3 is 5.70 Å². The predicted molar refractivity (Wildman–Crippen MR) is 85.3 cm³/mol. The predicted octanol–water partition coefficient (Wildman–Crippen LogP) is 5.65. The molecule has 0 atom stereocenters. The van der Waals surface area contributed by atoms with Gasteiger partial charge in [0.05, 0.1) is 4.92 Å². The van der Waals surface area contributed by atoms with Crippen molar-refractivity contribution in [1.82, 2.24) is 0 Å². The van der Waals surface area contributed by atoms with Gasteiger partial charge in [0.25, 0.3) is 0 Å². The highest BCUT2D eigenvalue weighted by Gasteiger charge is 2.24. The van der Waals surface area contributed by atoms with Crippen molar-refractivity contribution in [1.29, 1.82) is 0 Å². The summed E-state index contributed by atoms with van der Waals surface area (Å²) < 4.78 is -0.0734. The third-order valence-corrected chi connectivity index (χ3v) is 4.66. The van der Waals surface area contributed by atoms with Crippen molar-refractivity contribution in [2.24, 2.45) is 0 Å². The molecule has 0 aromatic heterocycles. The van der Waals surface area contributed by atoms with Crippen LogP contribution >= 0.6 is 62.5 Å². The van der Waals surface area contributed by atoms with Crippen molar-refractivity contribution >= 4 is 62.5 Å². The van der Waals surface area contributed by atoms with E-state index in [1.54, 1.807) is 0 Å². The second-order valence-corrected chi connectivity index (χ2v) is 6.82. The minimum atomic E-state index is -0.660. The number of hydrogen-bond acceptors (Lipinski definition) is 3. The third-order valence-electron chi connectivity index (χ3n) is 1.95. The molecule has 0 aliphatic rings. The van der Waals surface area contributed by atoms with Crippen molar-refractivity contribution in [2.75, 3.05) is 0 Å². The first-order valence-corrected chi connectivity index (χ1v) is 7.76. The summed E-state index contributed by atoms with van der Waals surface area (Å²) in [6, 6.07) is 9.45. The number of halogens is 4. The zero-order valence-electron chi connectivity index (χ0n) is 9.28. The molecule has 0 aliphatic carbocycles. The summed E-state index contributed by atoms with van der Waals surface area (Å²) in [6.45, 7) is 0. The molecule has 0 fully saturated rings. The highest BCUT2D eigenvalue weighted by Crippen LogP contribution is 2.35. The standard InChI is InChI=1S/C11H7BrCl3NO2S/c12-10(14)8(13)9(16(17)18)11(15)19-6-7-4-2-1-3-5-7/h1-5H,6H2/b10-8+,11-9-. The van der Waals surface area contributed by atoms with E-state index in [4.69, 9.17) is 34.8 Å². The Labute approximate surface area is 137 Å². The van der Waals surface area contributed by atoms with Crippen LogP contribution < -0.4 is 0 Å². The van der Waals surface area contributed by atoms with E-state index in [0.717, 1.165) is 17.3 Å². The number of nitro groups is 1. The van der Waals surface area contributed by atoms with Crippen molar-refractivity contribution < 1.29 is 4.92 Å². The van der Waals surface area contributed by atoms with E-state index in [2.05, 4.69) is 15.9 Å². The Hall–Kier alpha value is -0.200. The fourth-order valence-electron chi connectivity index (χ4n) is 1.12. The minimum Gasteiger partial charge on any atom is -0.258 e. The Balaban J connectivity index is 2.93. The van der Waals surface area contributed by atoms with Crippen LogP contribution in [0.2, 0.25) is 0 Å². The highest BCUT2D eigenvalue weighted by atomic mass is 79.9. The van der Waals surface area contributed by atoms with Crippen molar-refractivity contribution in [3.8, 4) is 0 Å². The maximum Gasteiger partial charge on any atom is 0.314 e. The van der Waals surface area contributed by atoms with Crippen LogP contribution in [0.1, 0.15) is 5.56 Å². The van der Waals surface area contributed by atoms with Gasteiger partial charge in [-0.1, -0.05) is 65.1 Å². The van der Waals surface area contributed by atoms with Gasteiger partial charge in [-0.3, -0.25) is 10.1 Å². The van der Waals surface area contributed by atoms with E-state index in [-0.39, 0.29) is 13.3 Å². The van der Waals surface area contributed by atoms with Gasteiger partial charge < -0.3 is 0 Å². The SMILES string of the molecule is O=[N+]([O-])C(/C(Cl)=C(\Cl)Br)=C(/Cl)SCc1ccccc1. The molecule has 1 aromatic carbocycles.